The molecule has 5 heteroatoms. The quantitative estimate of drug-likeness (QED) is 0.792. The van der Waals surface area contributed by atoms with E-state index in [-0.39, 0.29) is 18.1 Å². The first kappa shape index (κ1) is 14.8. The summed E-state index contributed by atoms with van der Waals surface area (Å²) in [5, 5.41) is 0. The molecule has 0 aromatic rings. The fraction of sp³-hybridized carbons (Fsp3) is 0.875. The Kier molecular flexibility index (Phi) is 4.78. The highest BCUT2D eigenvalue weighted by Crippen LogP contribution is 2.30. The number of rotatable bonds is 3. The SMILES string of the molecule is CN1CCN(C(=O)C2N=COC2CC2CCCCC2)CC1. The Morgan fingerprint density at radius 3 is 2.62 bits per heavy atom. The molecule has 3 aliphatic rings. The summed E-state index contributed by atoms with van der Waals surface area (Å²) in [5.74, 6) is 0.880. The van der Waals surface area contributed by atoms with Crippen molar-refractivity contribution in [3.8, 4) is 0 Å². The van der Waals surface area contributed by atoms with Gasteiger partial charge in [-0.05, 0) is 19.4 Å². The van der Waals surface area contributed by atoms with E-state index >= 15 is 0 Å². The largest absolute Gasteiger partial charge is 0.477 e. The molecule has 0 radical (unpaired) electrons. The second kappa shape index (κ2) is 6.77. The number of carbonyl (C=O) groups is 1. The molecule has 2 aliphatic heterocycles. The van der Waals surface area contributed by atoms with Crippen LogP contribution >= 0.6 is 0 Å². The van der Waals surface area contributed by atoms with Gasteiger partial charge in [0, 0.05) is 26.2 Å². The van der Waals surface area contributed by atoms with Gasteiger partial charge in [-0.25, -0.2) is 4.99 Å². The Labute approximate surface area is 127 Å². The van der Waals surface area contributed by atoms with Crippen LogP contribution in [0.5, 0.6) is 0 Å². The van der Waals surface area contributed by atoms with Crippen LogP contribution in [-0.2, 0) is 9.53 Å². The smallest absolute Gasteiger partial charge is 0.251 e. The van der Waals surface area contributed by atoms with Crippen LogP contribution < -0.4 is 0 Å². The molecule has 0 N–H and O–H groups in total. The van der Waals surface area contributed by atoms with Gasteiger partial charge in [0.15, 0.2) is 12.4 Å². The minimum Gasteiger partial charge on any atom is -0.477 e. The van der Waals surface area contributed by atoms with E-state index in [4.69, 9.17) is 4.74 Å². The molecule has 2 fully saturated rings. The number of aliphatic imine (C=N–C) groups is 1. The molecule has 0 aromatic carbocycles. The van der Waals surface area contributed by atoms with Gasteiger partial charge in [-0.3, -0.25) is 4.79 Å². The number of carbonyl (C=O) groups excluding carboxylic acids is 1. The molecule has 1 saturated carbocycles. The van der Waals surface area contributed by atoms with Crippen LogP contribution in [0, 0.1) is 5.92 Å². The maximum atomic E-state index is 12.7. The topological polar surface area (TPSA) is 45.1 Å². The zero-order valence-electron chi connectivity index (χ0n) is 13.0. The number of amides is 1. The molecular formula is C16H27N3O2. The summed E-state index contributed by atoms with van der Waals surface area (Å²) in [7, 11) is 2.10. The Bertz CT molecular complexity index is 385. The normalized spacial score (nSPS) is 31.4. The number of piperazine rings is 1. The molecule has 3 rings (SSSR count). The van der Waals surface area contributed by atoms with E-state index in [1.165, 1.54) is 38.5 Å². The highest BCUT2D eigenvalue weighted by Gasteiger charge is 2.37. The molecule has 1 aliphatic carbocycles. The number of hydrogen-bond donors (Lipinski definition) is 0. The van der Waals surface area contributed by atoms with Crippen molar-refractivity contribution in [1.82, 2.24) is 9.80 Å². The zero-order valence-corrected chi connectivity index (χ0v) is 13.0. The first-order chi connectivity index (χ1) is 10.2. The van der Waals surface area contributed by atoms with Crippen molar-refractivity contribution in [2.75, 3.05) is 33.2 Å². The third-order valence-electron chi connectivity index (χ3n) is 5.17. The third kappa shape index (κ3) is 3.57. The average Bonchev–Trinajstić information content (AvgIpc) is 2.96. The standard InChI is InChI=1S/C16H27N3O2/c1-18-7-9-19(10-8-18)16(20)15-14(21-12-17-15)11-13-5-3-2-4-6-13/h12-15H,2-11H2,1H3. The van der Waals surface area contributed by atoms with Crippen LogP contribution in [0.15, 0.2) is 4.99 Å². The summed E-state index contributed by atoms with van der Waals surface area (Å²) < 4.78 is 5.65. The lowest BCUT2D eigenvalue weighted by Crippen LogP contribution is -2.51. The van der Waals surface area contributed by atoms with Crippen LogP contribution in [0.3, 0.4) is 0 Å². The van der Waals surface area contributed by atoms with Crippen LogP contribution in [0.4, 0.5) is 0 Å². The van der Waals surface area contributed by atoms with E-state index < -0.39 is 0 Å². The maximum Gasteiger partial charge on any atom is 0.251 e. The lowest BCUT2D eigenvalue weighted by Gasteiger charge is -2.34. The fourth-order valence-corrected chi connectivity index (χ4v) is 3.72. The minimum absolute atomic E-state index is 0.0275. The maximum absolute atomic E-state index is 12.7. The van der Waals surface area contributed by atoms with Gasteiger partial charge in [0.1, 0.15) is 6.10 Å². The Morgan fingerprint density at radius 1 is 1.19 bits per heavy atom. The van der Waals surface area contributed by atoms with Gasteiger partial charge in [0.2, 0.25) is 0 Å². The molecule has 2 heterocycles. The summed E-state index contributed by atoms with van der Waals surface area (Å²) in [6, 6.07) is -0.296. The van der Waals surface area contributed by atoms with E-state index in [1.807, 2.05) is 4.90 Å². The van der Waals surface area contributed by atoms with Gasteiger partial charge < -0.3 is 14.5 Å². The van der Waals surface area contributed by atoms with Crippen molar-refractivity contribution in [2.45, 2.75) is 50.7 Å². The Balaban J connectivity index is 1.55. The van der Waals surface area contributed by atoms with Gasteiger partial charge >= 0.3 is 0 Å². The predicted octanol–water partition coefficient (Wildman–Crippen LogP) is 1.53. The van der Waals surface area contributed by atoms with Crippen LogP contribution in [0.1, 0.15) is 38.5 Å². The number of ether oxygens (including phenoxy) is 1. The van der Waals surface area contributed by atoms with Crippen LogP contribution in [0.25, 0.3) is 0 Å². The highest BCUT2D eigenvalue weighted by molar-refractivity contribution is 5.85. The van der Waals surface area contributed by atoms with Gasteiger partial charge in [-0.1, -0.05) is 32.1 Å². The second-order valence-corrected chi connectivity index (χ2v) is 6.74. The van der Waals surface area contributed by atoms with E-state index in [0.29, 0.717) is 5.92 Å². The molecule has 21 heavy (non-hydrogen) atoms. The lowest BCUT2D eigenvalue weighted by molar-refractivity contribution is -0.135. The summed E-state index contributed by atoms with van der Waals surface area (Å²) in [6.45, 7) is 3.54. The molecule has 5 nitrogen and oxygen atoms in total. The van der Waals surface area contributed by atoms with Crippen molar-refractivity contribution in [3.63, 3.8) is 0 Å². The van der Waals surface area contributed by atoms with E-state index in [0.717, 1.165) is 32.6 Å². The van der Waals surface area contributed by atoms with Gasteiger partial charge in [0.05, 0.1) is 0 Å². The molecular weight excluding hydrogens is 266 g/mol. The Hall–Kier alpha value is -1.10. The van der Waals surface area contributed by atoms with Gasteiger partial charge in [-0.15, -0.1) is 0 Å². The molecule has 0 bridgehead atoms. The van der Waals surface area contributed by atoms with Crippen molar-refractivity contribution in [1.29, 1.82) is 0 Å². The summed E-state index contributed by atoms with van der Waals surface area (Å²) >= 11 is 0. The first-order valence-electron chi connectivity index (χ1n) is 8.38. The van der Waals surface area contributed by atoms with Gasteiger partial charge in [0.25, 0.3) is 5.91 Å². The average molecular weight is 293 g/mol. The molecule has 2 unspecified atom stereocenters. The van der Waals surface area contributed by atoms with Crippen molar-refractivity contribution < 1.29 is 9.53 Å². The molecule has 2 atom stereocenters. The van der Waals surface area contributed by atoms with Crippen LogP contribution in [-0.4, -0.2) is 67.5 Å². The van der Waals surface area contributed by atoms with Crippen molar-refractivity contribution in [3.05, 3.63) is 0 Å². The van der Waals surface area contributed by atoms with Crippen molar-refractivity contribution in [2.24, 2.45) is 10.9 Å². The zero-order chi connectivity index (χ0) is 14.7. The monoisotopic (exact) mass is 293 g/mol. The predicted molar refractivity (Wildman–Crippen MR) is 82.4 cm³/mol. The third-order valence-corrected chi connectivity index (χ3v) is 5.17. The molecule has 0 spiro atoms. The second-order valence-electron chi connectivity index (χ2n) is 6.74. The molecule has 1 amide bonds. The van der Waals surface area contributed by atoms with E-state index in [2.05, 4.69) is 16.9 Å². The Morgan fingerprint density at radius 2 is 1.90 bits per heavy atom. The molecule has 0 aromatic heterocycles. The van der Waals surface area contributed by atoms with Crippen molar-refractivity contribution >= 4 is 12.3 Å². The van der Waals surface area contributed by atoms with E-state index in [1.54, 1.807) is 0 Å². The summed E-state index contributed by atoms with van der Waals surface area (Å²) in [4.78, 5) is 21.2. The molecule has 118 valence electrons. The number of nitrogens with zero attached hydrogens (tertiary/aromatic N) is 3. The van der Waals surface area contributed by atoms with Crippen LogP contribution in [0.2, 0.25) is 0 Å². The van der Waals surface area contributed by atoms with Gasteiger partial charge in [-0.2, -0.15) is 0 Å². The summed E-state index contributed by atoms with van der Waals surface area (Å²) in [6.07, 6.45) is 9.06. The fourth-order valence-electron chi connectivity index (χ4n) is 3.72. The van der Waals surface area contributed by atoms with E-state index in [9.17, 15) is 4.79 Å². The number of hydrogen-bond acceptors (Lipinski definition) is 4. The number of likely N-dealkylation sites (N-methyl/N-ethyl adjacent to an activating group) is 1. The lowest BCUT2D eigenvalue weighted by atomic mass is 9.84. The first-order valence-corrected chi connectivity index (χ1v) is 8.38. The summed E-state index contributed by atoms with van der Waals surface area (Å²) in [5.41, 5.74) is 0. The molecule has 1 saturated heterocycles. The minimum atomic E-state index is -0.296. The highest BCUT2D eigenvalue weighted by atomic mass is 16.5.